The molecule has 0 radical (unpaired) electrons. The fourth-order valence-electron chi connectivity index (χ4n) is 2.69. The highest BCUT2D eigenvalue weighted by atomic mass is 16.4. The second-order valence-corrected chi connectivity index (χ2v) is 5.17. The molecule has 1 aromatic carbocycles. The van der Waals surface area contributed by atoms with E-state index in [0.717, 1.165) is 31.2 Å². The molecule has 0 saturated heterocycles. The standard InChI is InChI=1S/C15H21NO2/c1-3-4-11-5-7-12(8-6-11)13(16-2)15(9-10-15)14(17)18/h5-8,13,16H,3-4,9-10H2,1-2H3,(H,17,18). The van der Waals surface area contributed by atoms with Gasteiger partial charge in [-0.1, -0.05) is 37.6 Å². The number of benzene rings is 1. The number of hydrogen-bond acceptors (Lipinski definition) is 2. The molecule has 2 N–H and O–H groups in total. The number of aliphatic carboxylic acids is 1. The first kappa shape index (κ1) is 13.1. The molecule has 3 heteroatoms. The van der Waals surface area contributed by atoms with Gasteiger partial charge in [-0.15, -0.1) is 0 Å². The van der Waals surface area contributed by atoms with Gasteiger partial charge in [0.1, 0.15) is 0 Å². The van der Waals surface area contributed by atoms with Crippen molar-refractivity contribution in [3.8, 4) is 0 Å². The monoisotopic (exact) mass is 247 g/mol. The Morgan fingerprint density at radius 3 is 2.39 bits per heavy atom. The van der Waals surface area contributed by atoms with Gasteiger partial charge in [-0.25, -0.2) is 0 Å². The van der Waals surface area contributed by atoms with Gasteiger partial charge in [0.05, 0.1) is 5.41 Å². The van der Waals surface area contributed by atoms with Crippen molar-refractivity contribution in [1.82, 2.24) is 5.32 Å². The summed E-state index contributed by atoms with van der Waals surface area (Å²) in [5.74, 6) is -0.681. The summed E-state index contributed by atoms with van der Waals surface area (Å²) >= 11 is 0. The zero-order valence-electron chi connectivity index (χ0n) is 11.1. The predicted molar refractivity (Wildman–Crippen MR) is 71.5 cm³/mol. The summed E-state index contributed by atoms with van der Waals surface area (Å²) < 4.78 is 0. The van der Waals surface area contributed by atoms with Crippen LogP contribution in [-0.4, -0.2) is 18.1 Å². The minimum atomic E-state index is -0.681. The van der Waals surface area contributed by atoms with Gasteiger partial charge in [0, 0.05) is 6.04 Å². The highest BCUT2D eigenvalue weighted by molar-refractivity contribution is 5.79. The smallest absolute Gasteiger partial charge is 0.311 e. The average Bonchev–Trinajstić information content (AvgIpc) is 3.14. The van der Waals surface area contributed by atoms with Gasteiger partial charge in [-0.2, -0.15) is 0 Å². The molecule has 1 aliphatic rings. The average molecular weight is 247 g/mol. The maximum Gasteiger partial charge on any atom is 0.311 e. The molecule has 3 nitrogen and oxygen atoms in total. The van der Waals surface area contributed by atoms with Crippen LogP contribution in [0, 0.1) is 5.41 Å². The largest absolute Gasteiger partial charge is 0.481 e. The lowest BCUT2D eigenvalue weighted by Gasteiger charge is -2.23. The van der Waals surface area contributed by atoms with Crippen molar-refractivity contribution >= 4 is 5.97 Å². The Bertz CT molecular complexity index is 421. The van der Waals surface area contributed by atoms with Crippen LogP contribution < -0.4 is 5.32 Å². The Labute approximate surface area is 108 Å². The van der Waals surface area contributed by atoms with Crippen LogP contribution in [0.1, 0.15) is 43.4 Å². The number of hydrogen-bond donors (Lipinski definition) is 2. The third kappa shape index (κ3) is 2.27. The molecule has 0 amide bonds. The minimum Gasteiger partial charge on any atom is -0.481 e. The lowest BCUT2D eigenvalue weighted by atomic mass is 9.89. The Morgan fingerprint density at radius 2 is 2.00 bits per heavy atom. The number of carboxylic acids is 1. The van der Waals surface area contributed by atoms with Gasteiger partial charge >= 0.3 is 5.97 Å². The molecule has 1 atom stereocenters. The normalized spacial score (nSPS) is 18.3. The van der Waals surface area contributed by atoms with Crippen molar-refractivity contribution in [2.24, 2.45) is 5.41 Å². The van der Waals surface area contributed by atoms with Crippen LogP contribution in [0.4, 0.5) is 0 Å². The van der Waals surface area contributed by atoms with Crippen LogP contribution in [0.15, 0.2) is 24.3 Å². The molecule has 2 rings (SSSR count). The van der Waals surface area contributed by atoms with Gasteiger partial charge in [0.2, 0.25) is 0 Å². The van der Waals surface area contributed by atoms with E-state index in [0.29, 0.717) is 0 Å². The van der Waals surface area contributed by atoms with Crippen LogP contribution in [0.2, 0.25) is 0 Å². The molecule has 0 bridgehead atoms. The summed E-state index contributed by atoms with van der Waals surface area (Å²) in [4.78, 5) is 11.4. The molecule has 1 unspecified atom stereocenters. The minimum absolute atomic E-state index is 0.0781. The van der Waals surface area contributed by atoms with Crippen LogP contribution in [0.3, 0.4) is 0 Å². The summed E-state index contributed by atoms with van der Waals surface area (Å²) in [6.45, 7) is 2.16. The molecular formula is C15H21NO2. The summed E-state index contributed by atoms with van der Waals surface area (Å²) in [6, 6.07) is 8.28. The fraction of sp³-hybridized carbons (Fsp3) is 0.533. The van der Waals surface area contributed by atoms with Crippen LogP contribution in [-0.2, 0) is 11.2 Å². The highest BCUT2D eigenvalue weighted by Gasteiger charge is 2.56. The SMILES string of the molecule is CCCc1ccc(C(NC)C2(C(=O)O)CC2)cc1. The van der Waals surface area contributed by atoms with Crippen molar-refractivity contribution in [2.45, 2.75) is 38.6 Å². The van der Waals surface area contributed by atoms with Crippen molar-refractivity contribution in [2.75, 3.05) is 7.05 Å². The molecule has 98 valence electrons. The van der Waals surface area contributed by atoms with E-state index >= 15 is 0 Å². The molecule has 1 aromatic rings. The van der Waals surface area contributed by atoms with E-state index in [1.807, 2.05) is 7.05 Å². The van der Waals surface area contributed by atoms with Gasteiger partial charge in [-0.3, -0.25) is 4.79 Å². The fourth-order valence-corrected chi connectivity index (χ4v) is 2.69. The molecule has 0 heterocycles. The molecule has 0 aliphatic heterocycles. The zero-order chi connectivity index (χ0) is 13.2. The van der Waals surface area contributed by atoms with Crippen LogP contribution in [0.25, 0.3) is 0 Å². The van der Waals surface area contributed by atoms with Crippen molar-refractivity contribution in [3.05, 3.63) is 35.4 Å². The second kappa shape index (κ2) is 5.11. The number of nitrogens with one attached hydrogen (secondary N) is 1. The topological polar surface area (TPSA) is 49.3 Å². The zero-order valence-corrected chi connectivity index (χ0v) is 11.1. The highest BCUT2D eigenvalue weighted by Crippen LogP contribution is 2.55. The predicted octanol–water partition coefficient (Wildman–Crippen LogP) is 2.76. The lowest BCUT2D eigenvalue weighted by molar-refractivity contribution is -0.144. The molecule has 0 aromatic heterocycles. The van der Waals surface area contributed by atoms with E-state index in [2.05, 4.69) is 36.5 Å². The quantitative estimate of drug-likeness (QED) is 0.812. The van der Waals surface area contributed by atoms with E-state index < -0.39 is 11.4 Å². The summed E-state index contributed by atoms with van der Waals surface area (Å²) in [5, 5.41) is 12.5. The molecule has 1 aliphatic carbocycles. The van der Waals surface area contributed by atoms with Crippen LogP contribution in [0.5, 0.6) is 0 Å². The molecule has 0 spiro atoms. The van der Waals surface area contributed by atoms with E-state index in [4.69, 9.17) is 0 Å². The third-order valence-corrected chi connectivity index (χ3v) is 3.91. The number of carbonyl (C=O) groups is 1. The maximum absolute atomic E-state index is 11.4. The Morgan fingerprint density at radius 1 is 1.39 bits per heavy atom. The summed E-state index contributed by atoms with van der Waals surface area (Å²) in [7, 11) is 1.84. The molecular weight excluding hydrogens is 226 g/mol. The first-order chi connectivity index (χ1) is 8.64. The van der Waals surface area contributed by atoms with E-state index in [1.165, 1.54) is 5.56 Å². The van der Waals surface area contributed by atoms with Gasteiger partial charge in [0.25, 0.3) is 0 Å². The van der Waals surface area contributed by atoms with E-state index in [9.17, 15) is 9.90 Å². The Kier molecular flexibility index (Phi) is 3.71. The number of rotatable bonds is 6. The van der Waals surface area contributed by atoms with Gasteiger partial charge in [-0.05, 0) is 37.4 Å². The van der Waals surface area contributed by atoms with E-state index in [1.54, 1.807) is 0 Å². The first-order valence-electron chi connectivity index (χ1n) is 6.63. The van der Waals surface area contributed by atoms with Crippen molar-refractivity contribution < 1.29 is 9.90 Å². The second-order valence-electron chi connectivity index (χ2n) is 5.17. The van der Waals surface area contributed by atoms with Gasteiger partial charge < -0.3 is 10.4 Å². The van der Waals surface area contributed by atoms with Crippen molar-refractivity contribution in [1.29, 1.82) is 0 Å². The molecule has 1 fully saturated rings. The van der Waals surface area contributed by atoms with E-state index in [-0.39, 0.29) is 6.04 Å². The number of aryl methyl sites for hydroxylation is 1. The third-order valence-electron chi connectivity index (χ3n) is 3.91. The summed E-state index contributed by atoms with van der Waals surface area (Å²) in [6.07, 6.45) is 3.75. The summed E-state index contributed by atoms with van der Waals surface area (Å²) in [5.41, 5.74) is 1.81. The first-order valence-corrected chi connectivity index (χ1v) is 6.63. The number of carboxylic acid groups (broad SMARTS) is 1. The van der Waals surface area contributed by atoms with Crippen LogP contribution >= 0.6 is 0 Å². The Hall–Kier alpha value is -1.35. The molecule has 18 heavy (non-hydrogen) atoms. The Balaban J connectivity index is 2.20. The van der Waals surface area contributed by atoms with Gasteiger partial charge in [0.15, 0.2) is 0 Å². The maximum atomic E-state index is 11.4. The lowest BCUT2D eigenvalue weighted by Crippen LogP contribution is -2.32. The molecule has 1 saturated carbocycles. The van der Waals surface area contributed by atoms with Crippen molar-refractivity contribution in [3.63, 3.8) is 0 Å².